The molecule has 0 unspecified atom stereocenters. The van der Waals surface area contributed by atoms with E-state index in [9.17, 15) is 14.4 Å². The number of furan rings is 1. The molecule has 0 bridgehead atoms. The summed E-state index contributed by atoms with van der Waals surface area (Å²) in [5.74, 6) is -1.35. The number of carbonyl (C=O) groups is 3. The molecule has 1 aliphatic heterocycles. The van der Waals surface area contributed by atoms with E-state index in [-0.39, 0.29) is 17.0 Å². The number of hydrogen-bond acceptors (Lipinski definition) is 8. The van der Waals surface area contributed by atoms with Gasteiger partial charge in [-0.05, 0) is 48.6 Å². The fourth-order valence-corrected chi connectivity index (χ4v) is 2.86. The molecule has 1 aromatic carbocycles. The summed E-state index contributed by atoms with van der Waals surface area (Å²) >= 11 is 0. The number of benzene rings is 1. The topological polar surface area (TPSA) is 95.3 Å². The number of rotatable bonds is 5. The van der Waals surface area contributed by atoms with Crippen molar-refractivity contribution >= 4 is 23.6 Å². The summed E-state index contributed by atoms with van der Waals surface area (Å²) in [5, 5.41) is 0. The summed E-state index contributed by atoms with van der Waals surface area (Å²) < 4.78 is 19.8. The molecule has 0 amide bonds. The second kappa shape index (κ2) is 8.95. The van der Waals surface area contributed by atoms with Crippen LogP contribution in [0, 0.1) is 0 Å². The number of carbonyl (C=O) groups excluding carboxylic acids is 3. The Hall–Kier alpha value is -4.07. The van der Waals surface area contributed by atoms with Gasteiger partial charge in [0.05, 0.1) is 26.9 Å². The molecule has 0 fully saturated rings. The largest absolute Gasteiger partial charge is 0.465 e. The summed E-state index contributed by atoms with van der Waals surface area (Å²) in [6.45, 7) is 0. The van der Waals surface area contributed by atoms with E-state index in [1.807, 2.05) is 0 Å². The number of hydrogen-bond donors (Lipinski definition) is 0. The average Bonchev–Trinajstić information content (AvgIpc) is 3.17. The van der Waals surface area contributed by atoms with Crippen LogP contribution in [0.1, 0.15) is 10.6 Å². The first-order valence-corrected chi connectivity index (χ1v) is 8.83. The first-order chi connectivity index (χ1) is 14.5. The van der Waals surface area contributed by atoms with Crippen LogP contribution < -0.4 is 4.90 Å². The van der Waals surface area contributed by atoms with Crippen molar-refractivity contribution in [3.8, 4) is 11.3 Å². The molecule has 0 saturated carbocycles. The maximum Gasteiger partial charge on any atom is 0.373 e. The normalized spacial score (nSPS) is 13.1. The van der Waals surface area contributed by atoms with Crippen molar-refractivity contribution in [3.05, 3.63) is 77.9 Å². The molecule has 0 atom stereocenters. The van der Waals surface area contributed by atoms with E-state index in [0.717, 1.165) is 0 Å². The Morgan fingerprint density at radius 1 is 0.800 bits per heavy atom. The smallest absolute Gasteiger partial charge is 0.373 e. The van der Waals surface area contributed by atoms with Gasteiger partial charge in [-0.2, -0.15) is 0 Å². The van der Waals surface area contributed by atoms with Crippen LogP contribution in [0.25, 0.3) is 11.3 Å². The Morgan fingerprint density at radius 3 is 2.10 bits per heavy atom. The van der Waals surface area contributed by atoms with Crippen molar-refractivity contribution in [2.45, 2.75) is 0 Å². The highest BCUT2D eigenvalue weighted by Crippen LogP contribution is 2.29. The van der Waals surface area contributed by atoms with Gasteiger partial charge in [0, 0.05) is 17.5 Å². The lowest BCUT2D eigenvalue weighted by atomic mass is 10.1. The molecule has 3 rings (SSSR count). The van der Waals surface area contributed by atoms with Crippen LogP contribution in [-0.4, -0.2) is 39.2 Å². The first-order valence-electron chi connectivity index (χ1n) is 8.83. The van der Waals surface area contributed by atoms with Gasteiger partial charge in [0.1, 0.15) is 11.5 Å². The van der Waals surface area contributed by atoms with Crippen molar-refractivity contribution in [3.63, 3.8) is 0 Å². The SMILES string of the molecule is COC(=O)C1=C(C(=O)OC)N(c2ccc(-c3ccc(C(=O)OC)o3)cc2)C=CC=C1. The zero-order chi connectivity index (χ0) is 21.7. The molecule has 2 heterocycles. The molecular formula is C22H19NO7. The number of allylic oxidation sites excluding steroid dienone is 2. The van der Waals surface area contributed by atoms with Gasteiger partial charge in [0.25, 0.3) is 0 Å². The quantitative estimate of drug-likeness (QED) is 0.549. The standard InChI is InChI=1S/C22H19NO7/c1-27-20(24)16-6-4-5-13-23(19(16)22(26)29-3)15-9-7-14(8-10-15)17-11-12-18(30-17)21(25)28-2/h4-13H,1-3H3. The average molecular weight is 409 g/mol. The van der Waals surface area contributed by atoms with Crippen LogP contribution >= 0.6 is 0 Å². The Balaban J connectivity index is 1.99. The van der Waals surface area contributed by atoms with E-state index >= 15 is 0 Å². The molecule has 1 aliphatic rings. The summed E-state index contributed by atoms with van der Waals surface area (Å²) in [6, 6.07) is 10.2. The Kier molecular flexibility index (Phi) is 6.17. The molecule has 8 heteroatoms. The second-order valence-corrected chi connectivity index (χ2v) is 6.02. The number of anilines is 1. The van der Waals surface area contributed by atoms with Crippen molar-refractivity contribution in [1.82, 2.24) is 0 Å². The lowest BCUT2D eigenvalue weighted by Crippen LogP contribution is -2.26. The summed E-state index contributed by atoms with van der Waals surface area (Å²) in [6.07, 6.45) is 6.43. The third-order valence-corrected chi connectivity index (χ3v) is 4.31. The highest BCUT2D eigenvalue weighted by atomic mass is 16.5. The minimum atomic E-state index is -0.690. The Bertz CT molecular complexity index is 1060. The van der Waals surface area contributed by atoms with Gasteiger partial charge in [-0.3, -0.25) is 0 Å². The van der Waals surface area contributed by atoms with Crippen LogP contribution in [0.3, 0.4) is 0 Å². The van der Waals surface area contributed by atoms with Crippen LogP contribution in [-0.2, 0) is 23.8 Å². The van der Waals surface area contributed by atoms with Gasteiger partial charge in [-0.1, -0.05) is 6.08 Å². The lowest BCUT2D eigenvalue weighted by molar-refractivity contribution is -0.139. The van der Waals surface area contributed by atoms with Crippen molar-refractivity contribution < 1.29 is 33.0 Å². The van der Waals surface area contributed by atoms with Crippen LogP contribution in [0.5, 0.6) is 0 Å². The highest BCUT2D eigenvalue weighted by Gasteiger charge is 2.27. The molecule has 1 aromatic heterocycles. The van der Waals surface area contributed by atoms with E-state index in [0.29, 0.717) is 17.0 Å². The zero-order valence-electron chi connectivity index (χ0n) is 16.6. The molecule has 154 valence electrons. The minimum Gasteiger partial charge on any atom is -0.465 e. The predicted molar refractivity (Wildman–Crippen MR) is 107 cm³/mol. The fourth-order valence-electron chi connectivity index (χ4n) is 2.86. The van der Waals surface area contributed by atoms with Gasteiger partial charge < -0.3 is 23.5 Å². The van der Waals surface area contributed by atoms with Gasteiger partial charge >= 0.3 is 17.9 Å². The minimum absolute atomic E-state index is 0.0214. The molecule has 0 spiro atoms. The molecule has 0 saturated heterocycles. The molecule has 0 aliphatic carbocycles. The van der Waals surface area contributed by atoms with E-state index < -0.39 is 17.9 Å². The maximum atomic E-state index is 12.5. The molecular weight excluding hydrogens is 390 g/mol. The van der Waals surface area contributed by atoms with Gasteiger partial charge in [-0.25, -0.2) is 14.4 Å². The third kappa shape index (κ3) is 4.02. The van der Waals surface area contributed by atoms with Gasteiger partial charge in [0.15, 0.2) is 0 Å². The second-order valence-electron chi connectivity index (χ2n) is 6.02. The predicted octanol–water partition coefficient (Wildman–Crippen LogP) is 3.22. The number of ether oxygens (including phenoxy) is 3. The van der Waals surface area contributed by atoms with Crippen LogP contribution in [0.15, 0.2) is 76.5 Å². The first kappa shape index (κ1) is 20.7. The van der Waals surface area contributed by atoms with Crippen molar-refractivity contribution in [2.24, 2.45) is 0 Å². The Labute approximate surface area is 172 Å². The lowest BCUT2D eigenvalue weighted by Gasteiger charge is -2.23. The third-order valence-electron chi connectivity index (χ3n) is 4.31. The van der Waals surface area contributed by atoms with Gasteiger partial charge in [-0.15, -0.1) is 0 Å². The maximum absolute atomic E-state index is 12.5. The van der Waals surface area contributed by atoms with E-state index in [4.69, 9.17) is 13.9 Å². The zero-order valence-corrected chi connectivity index (χ0v) is 16.6. The monoisotopic (exact) mass is 409 g/mol. The molecule has 0 N–H and O–H groups in total. The van der Waals surface area contributed by atoms with E-state index in [1.54, 1.807) is 48.7 Å². The van der Waals surface area contributed by atoms with Crippen molar-refractivity contribution in [1.29, 1.82) is 0 Å². The van der Waals surface area contributed by atoms with Crippen LogP contribution in [0.4, 0.5) is 5.69 Å². The molecule has 2 aromatic rings. The summed E-state index contributed by atoms with van der Waals surface area (Å²) in [4.78, 5) is 37.8. The summed E-state index contributed by atoms with van der Waals surface area (Å²) in [7, 11) is 3.75. The number of methoxy groups -OCH3 is 3. The van der Waals surface area contributed by atoms with Crippen molar-refractivity contribution in [2.75, 3.05) is 26.2 Å². The van der Waals surface area contributed by atoms with Crippen LogP contribution in [0.2, 0.25) is 0 Å². The Morgan fingerprint density at radius 2 is 1.47 bits per heavy atom. The summed E-state index contributed by atoms with van der Waals surface area (Å²) in [5.41, 5.74) is 1.39. The van der Waals surface area contributed by atoms with E-state index in [2.05, 4.69) is 4.74 Å². The fraction of sp³-hybridized carbons (Fsp3) is 0.136. The highest BCUT2D eigenvalue weighted by molar-refractivity contribution is 6.05. The molecule has 30 heavy (non-hydrogen) atoms. The van der Waals surface area contributed by atoms with Gasteiger partial charge in [0.2, 0.25) is 5.76 Å². The van der Waals surface area contributed by atoms with E-state index in [1.165, 1.54) is 38.4 Å². The molecule has 0 radical (unpaired) electrons. The number of esters is 3. The molecule has 8 nitrogen and oxygen atoms in total. The number of nitrogens with zero attached hydrogens (tertiary/aromatic N) is 1.